The third-order valence-corrected chi connectivity index (χ3v) is 3.41. The molecule has 0 fully saturated rings. The van der Waals surface area contributed by atoms with E-state index in [2.05, 4.69) is 42.5 Å². The largest absolute Gasteiger partial charge is 0.310 e. The highest BCUT2D eigenvalue weighted by atomic mass is 32.2. The molecule has 2 unspecified atom stereocenters. The molecule has 3 heteroatoms. The van der Waals surface area contributed by atoms with Gasteiger partial charge in [-0.1, -0.05) is 6.92 Å². The minimum Gasteiger partial charge on any atom is -0.310 e. The van der Waals surface area contributed by atoms with E-state index in [4.69, 9.17) is 0 Å². The number of rotatable bonds is 7. The van der Waals surface area contributed by atoms with Gasteiger partial charge in [-0.25, -0.2) is 0 Å². The van der Waals surface area contributed by atoms with Crippen molar-refractivity contribution in [2.24, 2.45) is 0 Å². The SMILES string of the molecule is CCC(CSC)NC(C)Cc1ccncc1. The molecule has 1 aromatic heterocycles. The van der Waals surface area contributed by atoms with Crippen LogP contribution in [0.15, 0.2) is 24.5 Å². The molecule has 0 aliphatic rings. The van der Waals surface area contributed by atoms with Gasteiger partial charge >= 0.3 is 0 Å². The van der Waals surface area contributed by atoms with E-state index in [0.29, 0.717) is 12.1 Å². The fraction of sp³-hybridized carbons (Fsp3) is 0.615. The molecule has 0 bridgehead atoms. The lowest BCUT2D eigenvalue weighted by Gasteiger charge is -2.21. The monoisotopic (exact) mass is 238 g/mol. The van der Waals surface area contributed by atoms with Gasteiger partial charge < -0.3 is 5.32 Å². The lowest BCUT2D eigenvalue weighted by atomic mass is 10.1. The van der Waals surface area contributed by atoms with Crippen LogP contribution in [0.25, 0.3) is 0 Å². The van der Waals surface area contributed by atoms with E-state index >= 15 is 0 Å². The normalized spacial score (nSPS) is 14.7. The van der Waals surface area contributed by atoms with Crippen molar-refractivity contribution in [1.29, 1.82) is 0 Å². The molecule has 2 atom stereocenters. The van der Waals surface area contributed by atoms with Crippen molar-refractivity contribution in [3.8, 4) is 0 Å². The smallest absolute Gasteiger partial charge is 0.0270 e. The Balaban J connectivity index is 2.37. The van der Waals surface area contributed by atoms with Crippen molar-refractivity contribution >= 4 is 11.8 Å². The first-order chi connectivity index (χ1) is 7.76. The maximum Gasteiger partial charge on any atom is 0.0270 e. The predicted molar refractivity (Wildman–Crippen MR) is 73.0 cm³/mol. The second-order valence-corrected chi connectivity index (χ2v) is 5.10. The molecule has 0 saturated carbocycles. The topological polar surface area (TPSA) is 24.9 Å². The first-order valence-corrected chi connectivity index (χ1v) is 7.29. The predicted octanol–water partition coefficient (Wildman–Crippen LogP) is 2.74. The molecule has 0 radical (unpaired) electrons. The van der Waals surface area contributed by atoms with Crippen molar-refractivity contribution in [2.75, 3.05) is 12.0 Å². The number of hydrogen-bond donors (Lipinski definition) is 1. The van der Waals surface area contributed by atoms with Gasteiger partial charge in [-0.3, -0.25) is 4.98 Å². The van der Waals surface area contributed by atoms with Crippen molar-refractivity contribution in [3.05, 3.63) is 30.1 Å². The molecule has 2 nitrogen and oxygen atoms in total. The van der Waals surface area contributed by atoms with Crippen LogP contribution in [-0.2, 0) is 6.42 Å². The van der Waals surface area contributed by atoms with Crippen LogP contribution in [0, 0.1) is 0 Å². The van der Waals surface area contributed by atoms with E-state index in [1.165, 1.54) is 17.7 Å². The molecule has 1 N–H and O–H groups in total. The van der Waals surface area contributed by atoms with Crippen molar-refractivity contribution in [1.82, 2.24) is 10.3 Å². The average Bonchev–Trinajstić information content (AvgIpc) is 2.29. The number of aromatic nitrogens is 1. The van der Waals surface area contributed by atoms with Crippen LogP contribution >= 0.6 is 11.8 Å². The first kappa shape index (κ1) is 13.5. The number of hydrogen-bond acceptors (Lipinski definition) is 3. The second-order valence-electron chi connectivity index (χ2n) is 4.19. The van der Waals surface area contributed by atoms with Crippen molar-refractivity contribution in [2.45, 2.75) is 38.8 Å². The van der Waals surface area contributed by atoms with Crippen LogP contribution in [0.2, 0.25) is 0 Å². The molecule has 90 valence electrons. The molecule has 0 aromatic carbocycles. The highest BCUT2D eigenvalue weighted by Crippen LogP contribution is 2.06. The van der Waals surface area contributed by atoms with E-state index in [-0.39, 0.29) is 0 Å². The Morgan fingerprint density at radius 3 is 2.62 bits per heavy atom. The standard InChI is InChI=1S/C13H22N2S/c1-4-13(10-16-3)15-11(2)9-12-5-7-14-8-6-12/h5-8,11,13,15H,4,9-10H2,1-3H3. The van der Waals surface area contributed by atoms with Crippen LogP contribution < -0.4 is 5.32 Å². The number of thioether (sulfide) groups is 1. The van der Waals surface area contributed by atoms with E-state index in [0.717, 1.165) is 6.42 Å². The number of pyridine rings is 1. The van der Waals surface area contributed by atoms with Crippen molar-refractivity contribution < 1.29 is 0 Å². The Kier molecular flexibility index (Phi) is 6.50. The Hall–Kier alpha value is -0.540. The van der Waals surface area contributed by atoms with Crippen LogP contribution in [-0.4, -0.2) is 29.1 Å². The van der Waals surface area contributed by atoms with Gasteiger partial charge in [-0.2, -0.15) is 11.8 Å². The molecular formula is C13H22N2S. The van der Waals surface area contributed by atoms with Gasteiger partial charge in [-0.15, -0.1) is 0 Å². The van der Waals surface area contributed by atoms with Crippen LogP contribution in [0.3, 0.4) is 0 Å². The lowest BCUT2D eigenvalue weighted by molar-refractivity contribution is 0.460. The summed E-state index contributed by atoms with van der Waals surface area (Å²) in [6.07, 6.45) is 8.16. The molecule has 0 aliphatic carbocycles. The van der Waals surface area contributed by atoms with Gasteiger partial charge in [0, 0.05) is 30.2 Å². The third kappa shape index (κ3) is 4.99. The van der Waals surface area contributed by atoms with E-state index in [1.54, 1.807) is 0 Å². The van der Waals surface area contributed by atoms with Crippen molar-refractivity contribution in [3.63, 3.8) is 0 Å². The summed E-state index contributed by atoms with van der Waals surface area (Å²) in [5.41, 5.74) is 1.36. The van der Waals surface area contributed by atoms with Gasteiger partial charge in [0.1, 0.15) is 0 Å². The summed E-state index contributed by atoms with van der Waals surface area (Å²) in [4.78, 5) is 4.04. The van der Waals surface area contributed by atoms with E-state index in [9.17, 15) is 0 Å². The van der Waals surface area contributed by atoms with Gasteiger partial charge in [0.25, 0.3) is 0 Å². The molecule has 0 aliphatic heterocycles. The summed E-state index contributed by atoms with van der Waals surface area (Å²) in [6.45, 7) is 4.50. The zero-order valence-corrected chi connectivity index (χ0v) is 11.3. The maximum absolute atomic E-state index is 4.04. The fourth-order valence-corrected chi connectivity index (χ4v) is 2.55. The Morgan fingerprint density at radius 2 is 2.06 bits per heavy atom. The highest BCUT2D eigenvalue weighted by Gasteiger charge is 2.09. The minimum absolute atomic E-state index is 0.527. The summed E-state index contributed by atoms with van der Waals surface area (Å²) in [5.74, 6) is 1.19. The van der Waals surface area contributed by atoms with Gasteiger partial charge in [0.2, 0.25) is 0 Å². The Morgan fingerprint density at radius 1 is 1.38 bits per heavy atom. The average molecular weight is 238 g/mol. The number of nitrogens with zero attached hydrogens (tertiary/aromatic N) is 1. The minimum atomic E-state index is 0.527. The Bertz CT molecular complexity index is 277. The number of nitrogens with one attached hydrogen (secondary N) is 1. The zero-order chi connectivity index (χ0) is 11.8. The molecule has 1 heterocycles. The summed E-state index contributed by atoms with van der Waals surface area (Å²) >= 11 is 1.91. The molecule has 1 rings (SSSR count). The summed E-state index contributed by atoms with van der Waals surface area (Å²) in [5, 5.41) is 3.67. The van der Waals surface area contributed by atoms with Gasteiger partial charge in [0.15, 0.2) is 0 Å². The molecular weight excluding hydrogens is 216 g/mol. The summed E-state index contributed by atoms with van der Waals surface area (Å²) in [6, 6.07) is 5.34. The highest BCUT2D eigenvalue weighted by molar-refractivity contribution is 7.98. The Labute approximate surface area is 103 Å². The van der Waals surface area contributed by atoms with Crippen LogP contribution in [0.4, 0.5) is 0 Å². The fourth-order valence-electron chi connectivity index (χ4n) is 1.82. The first-order valence-electron chi connectivity index (χ1n) is 5.90. The van der Waals surface area contributed by atoms with Crippen LogP contribution in [0.5, 0.6) is 0 Å². The molecule has 1 aromatic rings. The van der Waals surface area contributed by atoms with E-state index < -0.39 is 0 Å². The molecule has 0 amide bonds. The molecule has 0 spiro atoms. The quantitative estimate of drug-likeness (QED) is 0.790. The zero-order valence-electron chi connectivity index (χ0n) is 10.4. The molecule has 0 saturated heterocycles. The van der Waals surface area contributed by atoms with Crippen LogP contribution in [0.1, 0.15) is 25.8 Å². The van der Waals surface area contributed by atoms with Gasteiger partial charge in [-0.05, 0) is 43.7 Å². The lowest BCUT2D eigenvalue weighted by Crippen LogP contribution is -2.38. The maximum atomic E-state index is 4.04. The molecule has 16 heavy (non-hydrogen) atoms. The summed E-state index contributed by atoms with van der Waals surface area (Å²) in [7, 11) is 0. The second kappa shape index (κ2) is 7.69. The summed E-state index contributed by atoms with van der Waals surface area (Å²) < 4.78 is 0. The third-order valence-electron chi connectivity index (χ3n) is 2.67. The van der Waals surface area contributed by atoms with Gasteiger partial charge in [0.05, 0.1) is 0 Å². The van der Waals surface area contributed by atoms with E-state index in [1.807, 2.05) is 24.2 Å².